The maximum Gasteiger partial charge on any atom is 0.253 e. The normalized spacial score (nSPS) is 20.2. The highest BCUT2D eigenvalue weighted by molar-refractivity contribution is 7.88. The van der Waals surface area contributed by atoms with Crippen molar-refractivity contribution >= 4 is 26.8 Å². The van der Waals surface area contributed by atoms with Crippen LogP contribution >= 0.6 is 0 Å². The fourth-order valence-electron chi connectivity index (χ4n) is 5.16. The molecule has 168 valence electrons. The van der Waals surface area contributed by atoms with Crippen molar-refractivity contribution in [2.45, 2.75) is 11.5 Å². The summed E-state index contributed by atoms with van der Waals surface area (Å²) in [6.07, 6.45) is 1.16. The van der Waals surface area contributed by atoms with Gasteiger partial charge in [0, 0.05) is 53.3 Å². The molecule has 3 aromatic rings. The van der Waals surface area contributed by atoms with Gasteiger partial charge in [0.25, 0.3) is 5.91 Å². The highest BCUT2D eigenvalue weighted by Gasteiger charge is 2.55. The van der Waals surface area contributed by atoms with Crippen LogP contribution in [0.5, 0.6) is 5.75 Å². The van der Waals surface area contributed by atoms with Crippen molar-refractivity contribution in [3.63, 3.8) is 0 Å². The first-order chi connectivity index (χ1) is 15.3. The molecule has 0 saturated carbocycles. The third-order valence-corrected chi connectivity index (χ3v) is 7.83. The van der Waals surface area contributed by atoms with Gasteiger partial charge in [-0.05, 0) is 29.8 Å². The van der Waals surface area contributed by atoms with E-state index in [4.69, 9.17) is 4.74 Å². The number of aromatic amines is 1. The Morgan fingerprint density at radius 2 is 1.91 bits per heavy atom. The van der Waals surface area contributed by atoms with Crippen LogP contribution in [0.1, 0.15) is 27.7 Å². The lowest BCUT2D eigenvalue weighted by Crippen LogP contribution is -2.68. The van der Waals surface area contributed by atoms with Gasteiger partial charge >= 0.3 is 0 Å². The summed E-state index contributed by atoms with van der Waals surface area (Å²) in [4.78, 5) is 18.1. The van der Waals surface area contributed by atoms with E-state index in [9.17, 15) is 18.3 Å². The van der Waals surface area contributed by atoms with Crippen molar-refractivity contribution in [2.75, 3.05) is 39.6 Å². The quantitative estimate of drug-likeness (QED) is 0.625. The summed E-state index contributed by atoms with van der Waals surface area (Å²) in [6.45, 7) is 0.669. The molecule has 0 radical (unpaired) electrons. The third kappa shape index (κ3) is 3.11. The van der Waals surface area contributed by atoms with Crippen molar-refractivity contribution in [1.82, 2.24) is 14.2 Å². The van der Waals surface area contributed by atoms with Gasteiger partial charge in [-0.3, -0.25) is 4.79 Å². The second-order valence-corrected chi connectivity index (χ2v) is 10.6. The average molecular weight is 456 g/mol. The molecule has 2 N–H and O–H groups in total. The summed E-state index contributed by atoms with van der Waals surface area (Å²) < 4.78 is 32.0. The number of carbonyl (C=O) groups is 1. The van der Waals surface area contributed by atoms with Crippen LogP contribution in [0.25, 0.3) is 10.9 Å². The second kappa shape index (κ2) is 7.33. The Morgan fingerprint density at radius 1 is 1.19 bits per heavy atom. The van der Waals surface area contributed by atoms with Crippen molar-refractivity contribution in [3.05, 3.63) is 65.4 Å². The number of aliphatic hydroxyl groups excluding tert-OH is 1. The highest BCUT2D eigenvalue weighted by atomic mass is 32.2. The fourth-order valence-corrected chi connectivity index (χ4v) is 6.27. The monoisotopic (exact) mass is 455 g/mol. The Bertz CT molecular complexity index is 1300. The lowest BCUT2D eigenvalue weighted by Gasteiger charge is -2.55. The van der Waals surface area contributed by atoms with E-state index in [1.54, 1.807) is 24.1 Å². The van der Waals surface area contributed by atoms with E-state index in [2.05, 4.69) is 4.98 Å². The number of nitrogens with zero attached hydrogens (tertiary/aromatic N) is 2. The highest BCUT2D eigenvalue weighted by Crippen LogP contribution is 2.49. The van der Waals surface area contributed by atoms with Crippen LogP contribution < -0.4 is 4.74 Å². The molecule has 32 heavy (non-hydrogen) atoms. The van der Waals surface area contributed by atoms with Crippen molar-refractivity contribution < 1.29 is 23.1 Å². The first kappa shape index (κ1) is 21.0. The zero-order valence-corrected chi connectivity index (χ0v) is 18.7. The Balaban J connectivity index is 1.61. The number of hydrogen-bond donors (Lipinski definition) is 2. The summed E-state index contributed by atoms with van der Waals surface area (Å²) in [7, 11) is -2.00. The zero-order chi connectivity index (χ0) is 22.7. The number of nitrogens with one attached hydrogen (secondary N) is 1. The van der Waals surface area contributed by atoms with Crippen LogP contribution in [0.4, 0.5) is 0 Å². The SMILES string of the molecule is COc1ccc2c3c([nH]c2c1)[C@@H](CO)N(S(C)(=O)=O)CC31CN(C(=O)c2ccccc2)C1. The molecule has 0 bridgehead atoms. The molecule has 8 nitrogen and oxygen atoms in total. The minimum atomic E-state index is -3.59. The minimum absolute atomic E-state index is 0.0746. The van der Waals surface area contributed by atoms with Gasteiger partial charge in [-0.2, -0.15) is 4.31 Å². The molecule has 2 aromatic carbocycles. The zero-order valence-electron chi connectivity index (χ0n) is 17.9. The molecule has 0 aliphatic carbocycles. The van der Waals surface area contributed by atoms with E-state index in [0.717, 1.165) is 22.7 Å². The average Bonchev–Trinajstić information content (AvgIpc) is 3.15. The minimum Gasteiger partial charge on any atom is -0.497 e. The van der Waals surface area contributed by atoms with Gasteiger partial charge in [-0.15, -0.1) is 0 Å². The molecule has 5 rings (SSSR count). The number of aromatic nitrogens is 1. The number of ether oxygens (including phenoxy) is 1. The number of carbonyl (C=O) groups excluding carboxylic acids is 1. The number of fused-ring (bicyclic) bond motifs is 4. The van der Waals surface area contributed by atoms with Gasteiger partial charge in [0.15, 0.2) is 0 Å². The molecule has 1 fully saturated rings. The molecular formula is C23H25N3O5S. The van der Waals surface area contributed by atoms with Gasteiger partial charge in [-0.1, -0.05) is 18.2 Å². The molecule has 1 aromatic heterocycles. The molecule has 2 aliphatic heterocycles. The van der Waals surface area contributed by atoms with E-state index in [1.807, 2.05) is 36.4 Å². The van der Waals surface area contributed by atoms with Crippen molar-refractivity contribution in [3.8, 4) is 5.75 Å². The molecule has 1 saturated heterocycles. The summed E-state index contributed by atoms with van der Waals surface area (Å²) in [6, 6.07) is 14.1. The summed E-state index contributed by atoms with van der Waals surface area (Å²) in [5.41, 5.74) is 2.53. The smallest absolute Gasteiger partial charge is 0.253 e. The number of H-pyrrole nitrogens is 1. The number of likely N-dealkylation sites (tertiary alicyclic amines) is 1. The lowest BCUT2D eigenvalue weighted by molar-refractivity contribution is 0.0213. The Morgan fingerprint density at radius 3 is 2.53 bits per heavy atom. The molecular weight excluding hydrogens is 430 g/mol. The van der Waals surface area contributed by atoms with Crippen LogP contribution in [-0.4, -0.2) is 73.2 Å². The molecule has 3 heterocycles. The van der Waals surface area contributed by atoms with Crippen LogP contribution in [0.15, 0.2) is 48.5 Å². The summed E-state index contributed by atoms with van der Waals surface area (Å²) >= 11 is 0. The second-order valence-electron chi connectivity index (χ2n) is 8.64. The van der Waals surface area contributed by atoms with Gasteiger partial charge in [0.1, 0.15) is 5.75 Å². The van der Waals surface area contributed by atoms with Crippen molar-refractivity contribution in [1.29, 1.82) is 0 Å². The molecule has 2 aliphatic rings. The number of rotatable bonds is 4. The van der Waals surface area contributed by atoms with Crippen LogP contribution in [0, 0.1) is 0 Å². The van der Waals surface area contributed by atoms with Gasteiger partial charge in [-0.25, -0.2) is 8.42 Å². The van der Waals surface area contributed by atoms with E-state index in [1.165, 1.54) is 4.31 Å². The number of sulfonamides is 1. The van der Waals surface area contributed by atoms with E-state index in [0.29, 0.717) is 30.1 Å². The molecule has 0 unspecified atom stereocenters. The van der Waals surface area contributed by atoms with Crippen molar-refractivity contribution in [2.24, 2.45) is 0 Å². The number of benzene rings is 2. The standard InChI is InChI=1S/C23H25N3O5S/c1-31-16-8-9-17-18(10-16)24-21-19(11-27)26(32(2,29)30)14-23(20(17)21)12-25(13-23)22(28)15-6-4-3-5-7-15/h3-10,19,24,27H,11-14H2,1-2H3/t19-/m1/s1. The summed E-state index contributed by atoms with van der Waals surface area (Å²) in [5, 5.41) is 11.1. The molecule has 9 heteroatoms. The number of methoxy groups -OCH3 is 1. The Labute approximate surface area is 186 Å². The van der Waals surface area contributed by atoms with Gasteiger partial charge in [0.2, 0.25) is 10.0 Å². The maximum atomic E-state index is 13.0. The molecule has 1 amide bonds. The predicted octanol–water partition coefficient (Wildman–Crippen LogP) is 1.88. The first-order valence-corrected chi connectivity index (χ1v) is 12.2. The number of aliphatic hydroxyl groups is 1. The van der Waals surface area contributed by atoms with Crippen LogP contribution in [0.2, 0.25) is 0 Å². The molecule has 1 spiro atoms. The number of hydrogen-bond acceptors (Lipinski definition) is 5. The predicted molar refractivity (Wildman–Crippen MR) is 120 cm³/mol. The summed E-state index contributed by atoms with van der Waals surface area (Å²) in [5.74, 6) is 0.606. The first-order valence-electron chi connectivity index (χ1n) is 10.4. The Hall–Kier alpha value is -2.88. The molecule has 1 atom stereocenters. The van der Waals surface area contributed by atoms with Gasteiger partial charge < -0.3 is 19.7 Å². The van der Waals surface area contributed by atoms with E-state index < -0.39 is 21.5 Å². The fraction of sp³-hybridized carbons (Fsp3) is 0.348. The van der Waals surface area contributed by atoms with Gasteiger partial charge in [0.05, 0.1) is 26.0 Å². The van der Waals surface area contributed by atoms with Crippen LogP contribution in [0.3, 0.4) is 0 Å². The maximum absolute atomic E-state index is 13.0. The van der Waals surface area contributed by atoms with E-state index >= 15 is 0 Å². The largest absolute Gasteiger partial charge is 0.497 e. The topological polar surface area (TPSA) is 103 Å². The lowest BCUT2D eigenvalue weighted by atomic mass is 9.69. The van der Waals surface area contributed by atoms with E-state index in [-0.39, 0.29) is 19.1 Å². The Kier molecular flexibility index (Phi) is 4.81. The van der Waals surface area contributed by atoms with Crippen LogP contribution in [-0.2, 0) is 15.4 Å². The number of amides is 1. The third-order valence-electron chi connectivity index (χ3n) is 6.60.